The average molecular weight is 709 g/mol. The molecule has 0 unspecified atom stereocenters. The number of rotatable bonds is 6. The molecule has 0 amide bonds. The Labute approximate surface area is 327 Å². The minimum Gasteiger partial charge on any atom is -0.0622 e. The fraction of sp³-hybridized carbons (Fsp3) is 0. The molecule has 2 aliphatic rings. The van der Waals surface area contributed by atoms with Crippen molar-refractivity contribution in [3.8, 4) is 22.3 Å². The summed E-state index contributed by atoms with van der Waals surface area (Å²) < 4.78 is 0. The van der Waals surface area contributed by atoms with Crippen molar-refractivity contribution in [3.05, 3.63) is 257 Å². The minimum atomic E-state index is 1.21. The maximum Gasteiger partial charge on any atom is -0.000137 e. The third kappa shape index (κ3) is 5.22. The van der Waals surface area contributed by atoms with Crippen molar-refractivity contribution in [2.45, 2.75) is 0 Å². The SMILES string of the molecule is c1ccc(C2=C3C(=C(c4ccccc4)c4cc(-c5ccccc5)c(-c5ccccc5)cc43)C(c3ccc4ccccc4c3)=C2c2ccc3ccccc3c2)cc1. The maximum absolute atomic E-state index is 2.49. The van der Waals surface area contributed by atoms with Gasteiger partial charge in [-0.05, 0) is 135 Å². The Bertz CT molecular complexity index is 3070. The van der Waals surface area contributed by atoms with E-state index < -0.39 is 0 Å². The van der Waals surface area contributed by atoms with Crippen LogP contribution in [0.5, 0.6) is 0 Å². The smallest absolute Gasteiger partial charge is 0.000137 e. The van der Waals surface area contributed by atoms with Crippen molar-refractivity contribution < 1.29 is 0 Å². The number of allylic oxidation sites excluding steroid dienone is 5. The second kappa shape index (κ2) is 13.2. The molecule has 260 valence electrons. The highest BCUT2D eigenvalue weighted by Gasteiger charge is 2.41. The molecule has 2 aliphatic carbocycles. The Hall–Kier alpha value is -7.28. The number of hydrogen-bond acceptors (Lipinski definition) is 0. The monoisotopic (exact) mass is 708 g/mol. The van der Waals surface area contributed by atoms with Gasteiger partial charge < -0.3 is 0 Å². The molecule has 0 heteroatoms. The summed E-state index contributed by atoms with van der Waals surface area (Å²) in [7, 11) is 0. The molecular weight excluding hydrogens is 673 g/mol. The van der Waals surface area contributed by atoms with E-state index in [0.717, 1.165) is 0 Å². The second-order valence-electron chi connectivity index (χ2n) is 14.8. The number of hydrogen-bond donors (Lipinski definition) is 0. The Balaban J connectivity index is 1.32. The van der Waals surface area contributed by atoms with Gasteiger partial charge in [0, 0.05) is 0 Å². The lowest BCUT2D eigenvalue weighted by Crippen LogP contribution is -1.97. The molecule has 0 aliphatic heterocycles. The summed E-state index contributed by atoms with van der Waals surface area (Å²) in [5.41, 5.74) is 20.0. The summed E-state index contributed by atoms with van der Waals surface area (Å²) in [6, 6.07) is 80.4. The topological polar surface area (TPSA) is 0 Å². The van der Waals surface area contributed by atoms with Gasteiger partial charge in [0.2, 0.25) is 0 Å². The standard InChI is InChI=1S/C56H36/c1-5-19-39(20-6-1)47-35-49-50(36-48(47)40-21-7-2-8-22-40)55-52(42-25-11-4-12-26-42)53(45-31-29-37-17-13-15-27-43(37)33-45)54(56(55)51(49)41-23-9-3-10-24-41)46-32-30-38-18-14-16-28-44(38)34-46/h1-36H. The maximum atomic E-state index is 2.49. The van der Waals surface area contributed by atoms with E-state index in [2.05, 4.69) is 218 Å². The van der Waals surface area contributed by atoms with E-state index in [4.69, 9.17) is 0 Å². The number of benzene rings is 9. The van der Waals surface area contributed by atoms with Gasteiger partial charge in [0.15, 0.2) is 0 Å². The Kier molecular flexibility index (Phi) is 7.60. The molecule has 11 rings (SSSR count). The largest absolute Gasteiger partial charge is 0.0622 e. The van der Waals surface area contributed by atoms with Crippen molar-refractivity contribution in [2.24, 2.45) is 0 Å². The molecule has 0 atom stereocenters. The third-order valence-corrected chi connectivity index (χ3v) is 11.6. The normalized spacial score (nSPS) is 13.5. The Morgan fingerprint density at radius 2 is 0.500 bits per heavy atom. The summed E-state index contributed by atoms with van der Waals surface area (Å²) in [5.74, 6) is 0. The molecule has 0 aromatic heterocycles. The average Bonchev–Trinajstić information content (AvgIpc) is 3.79. The van der Waals surface area contributed by atoms with Crippen LogP contribution in [-0.2, 0) is 0 Å². The van der Waals surface area contributed by atoms with Gasteiger partial charge in [0.05, 0.1) is 0 Å². The van der Waals surface area contributed by atoms with Crippen LogP contribution < -0.4 is 0 Å². The van der Waals surface area contributed by atoms with Crippen LogP contribution >= 0.6 is 0 Å². The first kappa shape index (κ1) is 32.2. The lowest BCUT2D eigenvalue weighted by Gasteiger charge is -2.19. The summed E-state index contributed by atoms with van der Waals surface area (Å²) in [6.45, 7) is 0. The van der Waals surface area contributed by atoms with Crippen LogP contribution in [0.4, 0.5) is 0 Å². The van der Waals surface area contributed by atoms with E-state index in [1.807, 2.05) is 0 Å². The van der Waals surface area contributed by atoms with Crippen molar-refractivity contribution in [1.29, 1.82) is 0 Å². The van der Waals surface area contributed by atoms with E-state index >= 15 is 0 Å². The molecule has 0 saturated carbocycles. The molecule has 9 aromatic rings. The fourth-order valence-electron chi connectivity index (χ4n) is 9.07. The zero-order chi connectivity index (χ0) is 37.0. The van der Waals surface area contributed by atoms with E-state index in [0.29, 0.717) is 0 Å². The van der Waals surface area contributed by atoms with Gasteiger partial charge in [-0.2, -0.15) is 0 Å². The summed E-state index contributed by atoms with van der Waals surface area (Å²) in [4.78, 5) is 0. The minimum absolute atomic E-state index is 1.21. The highest BCUT2D eigenvalue weighted by atomic mass is 14.4. The van der Waals surface area contributed by atoms with Crippen LogP contribution in [-0.4, -0.2) is 0 Å². The predicted octanol–water partition coefficient (Wildman–Crippen LogP) is 14.7. The van der Waals surface area contributed by atoms with E-state index in [-0.39, 0.29) is 0 Å². The first-order chi connectivity index (χ1) is 27.8. The Morgan fingerprint density at radius 3 is 0.964 bits per heavy atom. The van der Waals surface area contributed by atoms with Crippen molar-refractivity contribution in [3.63, 3.8) is 0 Å². The van der Waals surface area contributed by atoms with Crippen LogP contribution in [0.15, 0.2) is 224 Å². The van der Waals surface area contributed by atoms with Gasteiger partial charge in [-0.1, -0.05) is 194 Å². The van der Waals surface area contributed by atoms with Crippen LogP contribution in [0, 0.1) is 0 Å². The predicted molar refractivity (Wildman–Crippen MR) is 238 cm³/mol. The highest BCUT2D eigenvalue weighted by Crippen LogP contribution is 2.62. The lowest BCUT2D eigenvalue weighted by atomic mass is 9.84. The first-order valence-electron chi connectivity index (χ1n) is 19.4. The molecular formula is C56H36. The van der Waals surface area contributed by atoms with E-state index in [1.165, 1.54) is 111 Å². The van der Waals surface area contributed by atoms with Crippen LogP contribution in [0.1, 0.15) is 33.4 Å². The van der Waals surface area contributed by atoms with Gasteiger partial charge in [-0.15, -0.1) is 0 Å². The lowest BCUT2D eigenvalue weighted by molar-refractivity contribution is 1.52. The van der Waals surface area contributed by atoms with E-state index in [1.54, 1.807) is 0 Å². The van der Waals surface area contributed by atoms with Crippen LogP contribution in [0.25, 0.3) is 71.7 Å². The molecule has 0 fully saturated rings. The molecule has 0 saturated heterocycles. The zero-order valence-corrected chi connectivity index (χ0v) is 30.8. The summed E-state index contributed by atoms with van der Waals surface area (Å²) in [6.07, 6.45) is 0. The molecule has 9 aromatic carbocycles. The molecule has 0 nitrogen and oxygen atoms in total. The van der Waals surface area contributed by atoms with Crippen molar-refractivity contribution >= 4 is 49.4 Å². The zero-order valence-electron chi connectivity index (χ0n) is 30.8. The van der Waals surface area contributed by atoms with Gasteiger partial charge in [-0.25, -0.2) is 0 Å². The fourth-order valence-corrected chi connectivity index (χ4v) is 9.07. The van der Waals surface area contributed by atoms with Crippen LogP contribution in [0.2, 0.25) is 0 Å². The molecule has 0 spiro atoms. The van der Waals surface area contributed by atoms with Crippen molar-refractivity contribution in [1.82, 2.24) is 0 Å². The van der Waals surface area contributed by atoms with Crippen LogP contribution in [0.3, 0.4) is 0 Å². The number of fused-ring (bicyclic) bond motifs is 5. The molecule has 0 bridgehead atoms. The first-order valence-corrected chi connectivity index (χ1v) is 19.4. The van der Waals surface area contributed by atoms with Gasteiger partial charge in [0.1, 0.15) is 0 Å². The molecule has 0 N–H and O–H groups in total. The molecule has 0 radical (unpaired) electrons. The molecule has 0 heterocycles. The second-order valence-corrected chi connectivity index (χ2v) is 14.8. The Morgan fingerprint density at radius 1 is 0.161 bits per heavy atom. The summed E-state index contributed by atoms with van der Waals surface area (Å²) in [5, 5.41) is 4.96. The van der Waals surface area contributed by atoms with E-state index in [9.17, 15) is 0 Å². The van der Waals surface area contributed by atoms with Gasteiger partial charge in [0.25, 0.3) is 0 Å². The van der Waals surface area contributed by atoms with Gasteiger partial charge in [-0.3, -0.25) is 0 Å². The third-order valence-electron chi connectivity index (χ3n) is 11.6. The summed E-state index contributed by atoms with van der Waals surface area (Å²) >= 11 is 0. The van der Waals surface area contributed by atoms with Gasteiger partial charge >= 0.3 is 0 Å². The van der Waals surface area contributed by atoms with Crippen molar-refractivity contribution in [2.75, 3.05) is 0 Å². The quantitative estimate of drug-likeness (QED) is 0.161. The highest BCUT2D eigenvalue weighted by molar-refractivity contribution is 6.39. The molecule has 56 heavy (non-hydrogen) atoms.